The highest BCUT2D eigenvalue weighted by Crippen LogP contribution is 2.14. The second-order valence-electron chi connectivity index (χ2n) is 6.43. The van der Waals surface area contributed by atoms with Crippen molar-refractivity contribution < 1.29 is 4.79 Å². The molecular weight excluding hydrogens is 314 g/mol. The number of nitrogens with zero attached hydrogens (tertiary/aromatic N) is 5. The first-order chi connectivity index (χ1) is 12.2. The van der Waals surface area contributed by atoms with Gasteiger partial charge in [0.1, 0.15) is 6.04 Å². The zero-order chi connectivity index (χ0) is 17.6. The lowest BCUT2D eigenvalue weighted by Crippen LogP contribution is -2.39. The lowest BCUT2D eigenvalue weighted by Gasteiger charge is -2.25. The van der Waals surface area contributed by atoms with Crippen LogP contribution in [0.15, 0.2) is 42.7 Å². The fourth-order valence-corrected chi connectivity index (χ4v) is 3.18. The van der Waals surface area contributed by atoms with Gasteiger partial charge < -0.3 is 4.90 Å². The molecule has 6 heteroatoms. The number of rotatable bonds is 4. The molecule has 0 unspecified atom stereocenters. The van der Waals surface area contributed by atoms with Crippen molar-refractivity contribution in [2.24, 2.45) is 0 Å². The van der Waals surface area contributed by atoms with Crippen LogP contribution in [0.1, 0.15) is 30.5 Å². The molecule has 1 fully saturated rings. The van der Waals surface area contributed by atoms with Crippen molar-refractivity contribution in [3.05, 3.63) is 53.9 Å². The predicted octanol–water partition coefficient (Wildman–Crippen LogP) is 2.05. The van der Waals surface area contributed by atoms with Crippen LogP contribution in [0.25, 0.3) is 0 Å². The second kappa shape index (κ2) is 7.95. The Labute approximate surface area is 148 Å². The van der Waals surface area contributed by atoms with Gasteiger partial charge in [-0.1, -0.05) is 12.1 Å². The first-order valence-electron chi connectivity index (χ1n) is 8.66. The fraction of sp³-hybridized carbons (Fsp3) is 0.421. The van der Waals surface area contributed by atoms with E-state index in [9.17, 15) is 4.79 Å². The summed E-state index contributed by atoms with van der Waals surface area (Å²) in [6.45, 7) is 6.10. The number of aromatic nitrogens is 2. The van der Waals surface area contributed by atoms with Gasteiger partial charge in [-0.3, -0.25) is 14.4 Å². The number of carbonyl (C=O) groups excluding carboxylic acids is 1. The predicted molar refractivity (Wildman–Crippen MR) is 94.6 cm³/mol. The Kier molecular flexibility index (Phi) is 5.46. The van der Waals surface area contributed by atoms with Gasteiger partial charge in [0, 0.05) is 45.1 Å². The normalized spacial score (nSPS) is 16.9. The minimum Gasteiger partial charge on any atom is -0.340 e. The van der Waals surface area contributed by atoms with Crippen molar-refractivity contribution in [2.75, 3.05) is 26.2 Å². The van der Waals surface area contributed by atoms with Crippen LogP contribution in [0.5, 0.6) is 0 Å². The Balaban J connectivity index is 1.56. The minimum atomic E-state index is -0.264. The SMILES string of the molecule is C[C@@H](C(=O)N1CCCN(Cc2ccc(C#N)cc2)CC1)n1cccn1. The van der Waals surface area contributed by atoms with Crippen LogP contribution in [-0.4, -0.2) is 51.7 Å². The summed E-state index contributed by atoms with van der Waals surface area (Å²) < 4.78 is 1.71. The van der Waals surface area contributed by atoms with Gasteiger partial charge in [0.15, 0.2) is 0 Å². The van der Waals surface area contributed by atoms with E-state index >= 15 is 0 Å². The van der Waals surface area contributed by atoms with Gasteiger partial charge in [0.2, 0.25) is 5.91 Å². The summed E-state index contributed by atoms with van der Waals surface area (Å²) in [7, 11) is 0. The van der Waals surface area contributed by atoms with Crippen LogP contribution < -0.4 is 0 Å². The van der Waals surface area contributed by atoms with E-state index in [4.69, 9.17) is 5.26 Å². The van der Waals surface area contributed by atoms with Crippen molar-refractivity contribution in [3.63, 3.8) is 0 Å². The summed E-state index contributed by atoms with van der Waals surface area (Å²) in [5.74, 6) is 0.129. The number of amides is 1. The lowest BCUT2D eigenvalue weighted by atomic mass is 10.1. The fourth-order valence-electron chi connectivity index (χ4n) is 3.18. The lowest BCUT2D eigenvalue weighted by molar-refractivity contribution is -0.134. The summed E-state index contributed by atoms with van der Waals surface area (Å²) >= 11 is 0. The maximum absolute atomic E-state index is 12.7. The zero-order valence-electron chi connectivity index (χ0n) is 14.5. The van der Waals surface area contributed by atoms with E-state index in [1.54, 1.807) is 10.9 Å². The van der Waals surface area contributed by atoms with E-state index in [1.165, 1.54) is 5.56 Å². The van der Waals surface area contributed by atoms with Gasteiger partial charge >= 0.3 is 0 Å². The molecule has 1 aliphatic heterocycles. The molecule has 1 saturated heterocycles. The van der Waals surface area contributed by atoms with Crippen molar-refractivity contribution in [3.8, 4) is 6.07 Å². The number of hydrogen-bond donors (Lipinski definition) is 0. The molecule has 1 atom stereocenters. The van der Waals surface area contributed by atoms with E-state index in [0.29, 0.717) is 5.56 Å². The van der Waals surface area contributed by atoms with Crippen LogP contribution in [0, 0.1) is 11.3 Å². The molecule has 0 N–H and O–H groups in total. The summed E-state index contributed by atoms with van der Waals surface area (Å²) in [4.78, 5) is 17.0. The molecule has 1 aliphatic rings. The maximum Gasteiger partial charge on any atom is 0.247 e. The highest BCUT2D eigenvalue weighted by atomic mass is 16.2. The van der Waals surface area contributed by atoms with Gasteiger partial charge in [0.05, 0.1) is 11.6 Å². The van der Waals surface area contributed by atoms with E-state index in [1.807, 2.05) is 48.4 Å². The topological polar surface area (TPSA) is 65.2 Å². The van der Waals surface area contributed by atoms with Gasteiger partial charge in [-0.05, 0) is 37.1 Å². The third-order valence-corrected chi connectivity index (χ3v) is 4.67. The summed E-state index contributed by atoms with van der Waals surface area (Å²) in [6.07, 6.45) is 4.50. The Morgan fingerprint density at radius 1 is 1.24 bits per heavy atom. The van der Waals surface area contributed by atoms with Crippen LogP contribution in [-0.2, 0) is 11.3 Å². The van der Waals surface area contributed by atoms with E-state index < -0.39 is 0 Å². The Morgan fingerprint density at radius 2 is 2.04 bits per heavy atom. The third-order valence-electron chi connectivity index (χ3n) is 4.67. The molecule has 6 nitrogen and oxygen atoms in total. The van der Waals surface area contributed by atoms with Crippen LogP contribution in [0.4, 0.5) is 0 Å². The van der Waals surface area contributed by atoms with Gasteiger partial charge in [-0.25, -0.2) is 0 Å². The molecular formula is C19H23N5O. The Morgan fingerprint density at radius 3 is 2.72 bits per heavy atom. The van der Waals surface area contributed by atoms with E-state index in [-0.39, 0.29) is 11.9 Å². The molecule has 1 aromatic heterocycles. The largest absolute Gasteiger partial charge is 0.340 e. The molecule has 130 valence electrons. The number of carbonyl (C=O) groups is 1. The summed E-state index contributed by atoms with van der Waals surface area (Å²) in [6, 6.07) is 11.4. The Bertz CT molecular complexity index is 732. The standard InChI is InChI=1S/C19H23N5O/c1-16(24-11-2-8-21-24)19(25)23-10-3-9-22(12-13-23)15-18-6-4-17(14-20)5-7-18/h2,4-8,11,16H,3,9-10,12-13,15H2,1H3/t16-/m0/s1. The molecule has 25 heavy (non-hydrogen) atoms. The van der Waals surface area contributed by atoms with Crippen molar-refractivity contribution in [1.82, 2.24) is 19.6 Å². The number of benzene rings is 1. The molecule has 0 bridgehead atoms. The van der Waals surface area contributed by atoms with Crippen LogP contribution >= 0.6 is 0 Å². The molecule has 0 spiro atoms. The zero-order valence-corrected chi connectivity index (χ0v) is 14.5. The molecule has 1 aromatic carbocycles. The highest BCUT2D eigenvalue weighted by Gasteiger charge is 2.24. The minimum absolute atomic E-state index is 0.129. The molecule has 0 saturated carbocycles. The second-order valence-corrected chi connectivity index (χ2v) is 6.43. The molecule has 0 radical (unpaired) electrons. The average Bonchev–Trinajstić information content (AvgIpc) is 3.08. The summed E-state index contributed by atoms with van der Waals surface area (Å²) in [5.41, 5.74) is 1.88. The summed E-state index contributed by atoms with van der Waals surface area (Å²) in [5, 5.41) is 13.1. The van der Waals surface area contributed by atoms with Crippen molar-refractivity contribution >= 4 is 5.91 Å². The van der Waals surface area contributed by atoms with Gasteiger partial charge in [-0.15, -0.1) is 0 Å². The van der Waals surface area contributed by atoms with E-state index in [0.717, 1.165) is 39.1 Å². The molecule has 2 aromatic rings. The first kappa shape index (κ1) is 17.2. The third kappa shape index (κ3) is 4.25. The van der Waals surface area contributed by atoms with Crippen LogP contribution in [0.2, 0.25) is 0 Å². The number of hydrogen-bond acceptors (Lipinski definition) is 4. The maximum atomic E-state index is 12.7. The average molecular weight is 337 g/mol. The van der Waals surface area contributed by atoms with Gasteiger partial charge in [-0.2, -0.15) is 10.4 Å². The van der Waals surface area contributed by atoms with Crippen LogP contribution in [0.3, 0.4) is 0 Å². The molecule has 1 amide bonds. The van der Waals surface area contributed by atoms with Gasteiger partial charge in [0.25, 0.3) is 0 Å². The Hall–Kier alpha value is -2.65. The molecule has 0 aliphatic carbocycles. The quantitative estimate of drug-likeness (QED) is 0.856. The smallest absolute Gasteiger partial charge is 0.247 e. The monoisotopic (exact) mass is 337 g/mol. The number of nitriles is 1. The highest BCUT2D eigenvalue weighted by molar-refractivity contribution is 5.80. The molecule has 2 heterocycles. The first-order valence-corrected chi connectivity index (χ1v) is 8.66. The molecule has 3 rings (SSSR count). The van der Waals surface area contributed by atoms with E-state index in [2.05, 4.69) is 16.1 Å². The van der Waals surface area contributed by atoms with Crippen molar-refractivity contribution in [1.29, 1.82) is 5.26 Å². The van der Waals surface area contributed by atoms with Crippen molar-refractivity contribution in [2.45, 2.75) is 25.9 Å².